The number of pyridine rings is 1. The Morgan fingerprint density at radius 2 is 1.91 bits per heavy atom. The number of anilines is 1. The Bertz CT molecular complexity index is 2080. The van der Waals surface area contributed by atoms with Gasteiger partial charge in [0.2, 0.25) is 17.6 Å². The van der Waals surface area contributed by atoms with E-state index in [-0.39, 0.29) is 29.9 Å². The number of fused-ring (bicyclic) bond motifs is 2. The van der Waals surface area contributed by atoms with Gasteiger partial charge in [0.05, 0.1) is 10.9 Å². The van der Waals surface area contributed by atoms with Crippen LogP contribution in [0.25, 0.3) is 22.0 Å². The number of aromatic nitrogens is 7. The van der Waals surface area contributed by atoms with Crippen LogP contribution in [0.5, 0.6) is 0 Å². The SMILES string of the molecule is Cc1ncc(-c2ccc3c(c2)c(C(=O)c2ncc[nH]2)nn3CC(=O)N2[C@H](C(=O)Nc3nc(Br)ccc3C)C[C@@]3(C)C#C[C@@H]23)cn1. The molecule has 7 rings (SSSR count). The maximum Gasteiger partial charge on any atom is 0.249 e. The highest BCUT2D eigenvalue weighted by Crippen LogP contribution is 2.45. The average Bonchev–Trinajstić information content (AvgIpc) is 3.73. The maximum atomic E-state index is 14.1. The van der Waals surface area contributed by atoms with E-state index >= 15 is 0 Å². The topological polar surface area (TPSA) is 152 Å². The molecule has 0 saturated carbocycles. The zero-order valence-electron chi connectivity index (χ0n) is 24.5. The quantitative estimate of drug-likeness (QED) is 0.151. The van der Waals surface area contributed by atoms with Crippen LogP contribution in [0.15, 0.2) is 59.7 Å². The fourth-order valence-electron chi connectivity index (χ4n) is 5.87. The van der Waals surface area contributed by atoms with Gasteiger partial charge in [0, 0.05) is 35.7 Å². The third-order valence-electron chi connectivity index (χ3n) is 8.30. The van der Waals surface area contributed by atoms with Crippen molar-refractivity contribution in [2.75, 3.05) is 5.32 Å². The molecule has 0 unspecified atom stereocenters. The normalized spacial score (nSPS) is 19.9. The van der Waals surface area contributed by atoms with E-state index in [1.165, 1.54) is 10.9 Å². The Morgan fingerprint density at radius 1 is 1.11 bits per heavy atom. The molecule has 12 nitrogen and oxygen atoms in total. The van der Waals surface area contributed by atoms with E-state index < -0.39 is 23.3 Å². The predicted octanol–water partition coefficient (Wildman–Crippen LogP) is 3.85. The van der Waals surface area contributed by atoms with E-state index in [4.69, 9.17) is 0 Å². The molecular weight excluding hydrogens is 638 g/mol. The largest absolute Gasteiger partial charge is 0.342 e. The van der Waals surface area contributed by atoms with Gasteiger partial charge in [-0.05, 0) is 72.4 Å². The molecule has 0 radical (unpaired) electrons. The number of imidazole rings is 1. The first-order valence-electron chi connectivity index (χ1n) is 14.2. The van der Waals surface area contributed by atoms with Gasteiger partial charge >= 0.3 is 0 Å². The molecule has 224 valence electrons. The number of nitrogens with zero attached hydrogens (tertiary/aromatic N) is 7. The molecule has 1 aliphatic heterocycles. The van der Waals surface area contributed by atoms with Gasteiger partial charge in [0.25, 0.3) is 0 Å². The lowest BCUT2D eigenvalue weighted by atomic mass is 9.76. The van der Waals surface area contributed by atoms with Crippen LogP contribution >= 0.6 is 15.9 Å². The lowest BCUT2D eigenvalue weighted by Crippen LogP contribution is -2.50. The van der Waals surface area contributed by atoms with Crippen LogP contribution in [-0.4, -0.2) is 69.3 Å². The van der Waals surface area contributed by atoms with Gasteiger partial charge in [-0.2, -0.15) is 5.10 Å². The standard InChI is InChI=1S/C32H26BrN9O3/c1-17-4-7-25(33)38-29(17)39-31(45)23-13-32(3)9-8-24(32)42(23)26(43)16-41-22-6-5-19(20-14-36-18(2)37-15-20)12-21(22)27(40-41)28(44)30-34-10-11-35-30/h4-7,10-12,14-15,23-24H,13,16H2,1-3H3,(H,34,35)(H,38,39,45)/t23-,24+,32+/m0/s1. The van der Waals surface area contributed by atoms with E-state index in [2.05, 4.69) is 63.1 Å². The summed E-state index contributed by atoms with van der Waals surface area (Å²) >= 11 is 3.35. The molecular formula is C32H26BrN9O3. The molecule has 2 N–H and O–H groups in total. The Hall–Kier alpha value is -5.22. The van der Waals surface area contributed by atoms with Crippen molar-refractivity contribution in [2.24, 2.45) is 5.41 Å². The van der Waals surface area contributed by atoms with E-state index in [1.807, 2.05) is 38.1 Å². The zero-order chi connectivity index (χ0) is 31.5. The van der Waals surface area contributed by atoms with Crippen LogP contribution in [-0.2, 0) is 16.1 Å². The summed E-state index contributed by atoms with van der Waals surface area (Å²) in [4.78, 5) is 62.7. The molecule has 5 aromatic rings. The second-order valence-electron chi connectivity index (χ2n) is 11.4. The molecule has 3 atom stereocenters. The molecule has 45 heavy (non-hydrogen) atoms. The molecule has 4 aromatic heterocycles. The summed E-state index contributed by atoms with van der Waals surface area (Å²) in [5, 5.41) is 8.06. The second-order valence-corrected chi connectivity index (χ2v) is 12.2. The number of benzene rings is 1. The average molecular weight is 665 g/mol. The number of nitrogens with one attached hydrogen (secondary N) is 2. The number of aromatic amines is 1. The Morgan fingerprint density at radius 3 is 2.62 bits per heavy atom. The molecule has 0 spiro atoms. The molecule has 1 fully saturated rings. The summed E-state index contributed by atoms with van der Waals surface area (Å²) in [6.45, 7) is 5.41. The van der Waals surface area contributed by atoms with E-state index in [1.54, 1.807) is 36.5 Å². The Labute approximate surface area is 265 Å². The van der Waals surface area contributed by atoms with Crippen molar-refractivity contribution in [1.82, 2.24) is 39.6 Å². The molecule has 1 aromatic carbocycles. The van der Waals surface area contributed by atoms with E-state index in [0.717, 1.165) is 16.7 Å². The zero-order valence-corrected chi connectivity index (χ0v) is 26.1. The summed E-state index contributed by atoms with van der Waals surface area (Å²) in [7, 11) is 0. The number of halogens is 1. The van der Waals surface area contributed by atoms with Crippen LogP contribution in [0.1, 0.15) is 41.0 Å². The number of rotatable bonds is 7. The number of aryl methyl sites for hydroxylation is 2. The number of hydrogen-bond acceptors (Lipinski definition) is 8. The number of carbonyl (C=O) groups is 3. The highest BCUT2D eigenvalue weighted by Gasteiger charge is 2.56. The number of hydrogen-bond donors (Lipinski definition) is 2. The number of carbonyl (C=O) groups excluding carboxylic acids is 3. The van der Waals surface area contributed by atoms with Crippen molar-refractivity contribution in [2.45, 2.75) is 45.8 Å². The van der Waals surface area contributed by atoms with Crippen molar-refractivity contribution >= 4 is 50.2 Å². The number of H-pyrrole nitrogens is 1. The fraction of sp³-hybridized carbons (Fsp3) is 0.250. The minimum absolute atomic E-state index is 0.130. The van der Waals surface area contributed by atoms with Crippen molar-refractivity contribution in [1.29, 1.82) is 0 Å². The monoisotopic (exact) mass is 663 g/mol. The summed E-state index contributed by atoms with van der Waals surface area (Å²) in [6, 6.07) is 7.95. The van der Waals surface area contributed by atoms with Crippen molar-refractivity contribution in [3.8, 4) is 23.0 Å². The van der Waals surface area contributed by atoms with E-state index in [0.29, 0.717) is 33.6 Å². The minimum atomic E-state index is -0.783. The lowest BCUT2D eigenvalue weighted by molar-refractivity contribution is -0.138. The molecule has 2 aliphatic rings. The molecule has 13 heteroatoms. The number of ketones is 1. The summed E-state index contributed by atoms with van der Waals surface area (Å²) < 4.78 is 2.08. The Balaban J connectivity index is 1.24. The first-order chi connectivity index (χ1) is 21.6. The summed E-state index contributed by atoms with van der Waals surface area (Å²) in [5.74, 6) is 6.33. The van der Waals surface area contributed by atoms with Crippen LogP contribution in [0.3, 0.4) is 0 Å². The van der Waals surface area contributed by atoms with Gasteiger partial charge in [0.1, 0.15) is 40.6 Å². The predicted molar refractivity (Wildman–Crippen MR) is 168 cm³/mol. The van der Waals surface area contributed by atoms with Gasteiger partial charge < -0.3 is 15.2 Å². The van der Waals surface area contributed by atoms with Crippen molar-refractivity contribution in [3.63, 3.8) is 0 Å². The molecule has 1 saturated heterocycles. The van der Waals surface area contributed by atoms with Gasteiger partial charge in [-0.15, -0.1) is 0 Å². The van der Waals surface area contributed by atoms with Crippen molar-refractivity contribution < 1.29 is 14.4 Å². The first kappa shape index (κ1) is 28.5. The van der Waals surface area contributed by atoms with Crippen LogP contribution in [0.4, 0.5) is 5.82 Å². The van der Waals surface area contributed by atoms with E-state index in [9.17, 15) is 14.4 Å². The van der Waals surface area contributed by atoms with Crippen LogP contribution in [0.2, 0.25) is 0 Å². The minimum Gasteiger partial charge on any atom is -0.342 e. The smallest absolute Gasteiger partial charge is 0.249 e. The van der Waals surface area contributed by atoms with Crippen LogP contribution < -0.4 is 5.32 Å². The summed E-state index contributed by atoms with van der Waals surface area (Å²) in [6.07, 6.45) is 6.87. The van der Waals surface area contributed by atoms with Gasteiger partial charge in [-0.25, -0.2) is 19.9 Å². The molecule has 5 heterocycles. The molecule has 2 amide bonds. The number of amides is 2. The first-order valence-corrected chi connectivity index (χ1v) is 15.0. The van der Waals surface area contributed by atoms with Gasteiger partial charge in [0.15, 0.2) is 5.82 Å². The van der Waals surface area contributed by atoms with Gasteiger partial charge in [-0.3, -0.25) is 19.1 Å². The fourth-order valence-corrected chi connectivity index (χ4v) is 6.18. The third kappa shape index (κ3) is 4.97. The van der Waals surface area contributed by atoms with Crippen LogP contribution in [0, 0.1) is 31.1 Å². The number of likely N-dealkylation sites (tertiary alicyclic amines) is 1. The second kappa shape index (κ2) is 10.7. The highest BCUT2D eigenvalue weighted by atomic mass is 79.9. The molecule has 1 aliphatic carbocycles. The lowest BCUT2D eigenvalue weighted by Gasteiger charge is -2.34. The van der Waals surface area contributed by atoms with Crippen molar-refractivity contribution in [3.05, 3.63) is 82.6 Å². The third-order valence-corrected chi connectivity index (χ3v) is 8.74. The maximum absolute atomic E-state index is 14.1. The van der Waals surface area contributed by atoms with Gasteiger partial charge in [-0.1, -0.05) is 24.0 Å². The molecule has 0 bridgehead atoms. The highest BCUT2D eigenvalue weighted by molar-refractivity contribution is 9.10. The Kier molecular flexibility index (Phi) is 6.81. The summed E-state index contributed by atoms with van der Waals surface area (Å²) in [5.41, 5.74) is 2.56.